The highest BCUT2D eigenvalue weighted by Gasteiger charge is 2.18. The third-order valence-electron chi connectivity index (χ3n) is 4.38. The molecule has 0 saturated heterocycles. The number of nitrogens with zero attached hydrogens (tertiary/aromatic N) is 1. The van der Waals surface area contributed by atoms with E-state index >= 15 is 0 Å². The Hall–Kier alpha value is -2.67. The van der Waals surface area contributed by atoms with Gasteiger partial charge in [0, 0.05) is 15.3 Å². The summed E-state index contributed by atoms with van der Waals surface area (Å²) in [6.45, 7) is 0.357. The molecule has 1 atom stereocenters. The number of carbonyl (C=O) groups is 1. The van der Waals surface area contributed by atoms with E-state index < -0.39 is 0 Å². The van der Waals surface area contributed by atoms with Crippen LogP contribution in [0.25, 0.3) is 0 Å². The number of hydrogen-bond acceptors (Lipinski definition) is 5. The first-order valence-corrected chi connectivity index (χ1v) is 11.5. The minimum absolute atomic E-state index is 0.0623. The Kier molecular flexibility index (Phi) is 6.79. The molecular weight excluding hydrogens is 436 g/mol. The van der Waals surface area contributed by atoms with Crippen LogP contribution >= 0.6 is 34.3 Å². The van der Waals surface area contributed by atoms with Crippen LogP contribution in [0.3, 0.4) is 0 Å². The van der Waals surface area contributed by atoms with Crippen LogP contribution in [-0.4, -0.2) is 10.9 Å². The van der Waals surface area contributed by atoms with Gasteiger partial charge in [0.25, 0.3) is 0 Å². The van der Waals surface area contributed by atoms with Gasteiger partial charge in [0.1, 0.15) is 17.4 Å². The van der Waals surface area contributed by atoms with E-state index in [4.69, 9.17) is 16.3 Å². The lowest BCUT2D eigenvalue weighted by atomic mass is 10.1. The molecule has 0 saturated carbocycles. The number of rotatable bonds is 8. The zero-order chi connectivity index (χ0) is 20.8. The van der Waals surface area contributed by atoms with Gasteiger partial charge in [-0.25, -0.2) is 4.98 Å². The lowest BCUT2D eigenvalue weighted by molar-refractivity contribution is -0.121. The summed E-state index contributed by atoms with van der Waals surface area (Å²) in [6, 6.07) is 21.1. The Morgan fingerprint density at radius 2 is 1.83 bits per heavy atom. The maximum atomic E-state index is 12.7. The summed E-state index contributed by atoms with van der Waals surface area (Å²) in [6.07, 6.45) is 0.228. The molecule has 0 bridgehead atoms. The maximum Gasteiger partial charge on any atom is 0.226 e. The lowest BCUT2D eigenvalue weighted by Gasteiger charge is -2.18. The van der Waals surface area contributed by atoms with E-state index in [-0.39, 0.29) is 18.4 Å². The van der Waals surface area contributed by atoms with Crippen molar-refractivity contribution in [3.8, 4) is 5.75 Å². The largest absolute Gasteiger partial charge is 0.486 e. The number of carbonyl (C=O) groups excluding carboxylic acids is 1. The fraction of sp³-hybridized carbons (Fsp3) is 0.130. The number of hydrogen-bond donors (Lipinski definition) is 1. The summed E-state index contributed by atoms with van der Waals surface area (Å²) in [4.78, 5) is 18.4. The fourth-order valence-corrected chi connectivity index (χ4v) is 4.60. The van der Waals surface area contributed by atoms with E-state index in [1.807, 2.05) is 65.4 Å². The zero-order valence-corrected chi connectivity index (χ0v) is 18.3. The number of thiazole rings is 1. The SMILES string of the molecule is O=C(Cc1csc(COc2ccc(Cl)cc2)n1)NC(c1ccccc1)c1cccs1. The molecule has 7 heteroatoms. The van der Waals surface area contributed by atoms with Crippen LogP contribution < -0.4 is 10.1 Å². The second-order valence-corrected chi connectivity index (χ2v) is 8.94. The third-order valence-corrected chi connectivity index (χ3v) is 6.44. The molecule has 2 aromatic heterocycles. The van der Waals surface area contributed by atoms with Crippen molar-refractivity contribution in [1.29, 1.82) is 0 Å². The van der Waals surface area contributed by atoms with Crippen LogP contribution in [0.1, 0.15) is 27.2 Å². The summed E-state index contributed by atoms with van der Waals surface area (Å²) >= 11 is 9.00. The van der Waals surface area contributed by atoms with Gasteiger partial charge in [0.05, 0.1) is 18.2 Å². The maximum absolute atomic E-state index is 12.7. The van der Waals surface area contributed by atoms with Crippen molar-refractivity contribution < 1.29 is 9.53 Å². The van der Waals surface area contributed by atoms with Crippen LogP contribution in [-0.2, 0) is 17.8 Å². The van der Waals surface area contributed by atoms with Crippen LogP contribution in [0.15, 0.2) is 77.5 Å². The molecule has 0 radical (unpaired) electrons. The number of benzene rings is 2. The molecule has 4 nitrogen and oxygen atoms in total. The fourth-order valence-electron chi connectivity index (χ4n) is 2.97. The predicted molar refractivity (Wildman–Crippen MR) is 122 cm³/mol. The van der Waals surface area contributed by atoms with Gasteiger partial charge in [-0.1, -0.05) is 48.0 Å². The molecular formula is C23H19ClN2O2S2. The van der Waals surface area contributed by atoms with E-state index in [0.29, 0.717) is 11.6 Å². The molecule has 1 unspecified atom stereocenters. The van der Waals surface area contributed by atoms with E-state index in [0.717, 1.165) is 26.9 Å². The average molecular weight is 455 g/mol. The van der Waals surface area contributed by atoms with E-state index in [2.05, 4.69) is 10.3 Å². The zero-order valence-electron chi connectivity index (χ0n) is 16.0. The predicted octanol–water partition coefficient (Wildman–Crippen LogP) is 5.89. The highest BCUT2D eigenvalue weighted by Crippen LogP contribution is 2.26. The van der Waals surface area contributed by atoms with Crippen LogP contribution in [0.2, 0.25) is 5.02 Å². The smallest absolute Gasteiger partial charge is 0.226 e. The number of nitrogens with one attached hydrogen (secondary N) is 1. The topological polar surface area (TPSA) is 51.2 Å². The number of thiophene rings is 1. The molecule has 4 rings (SSSR count). The van der Waals surface area contributed by atoms with Gasteiger partial charge in [-0.05, 0) is 41.3 Å². The molecule has 1 amide bonds. The Morgan fingerprint density at radius 3 is 2.57 bits per heavy atom. The van der Waals surface area contributed by atoms with E-state index in [1.165, 1.54) is 11.3 Å². The molecule has 30 heavy (non-hydrogen) atoms. The average Bonchev–Trinajstić information content (AvgIpc) is 3.45. The van der Waals surface area contributed by atoms with Crippen molar-refractivity contribution in [1.82, 2.24) is 10.3 Å². The highest BCUT2D eigenvalue weighted by molar-refractivity contribution is 7.10. The van der Waals surface area contributed by atoms with Crippen LogP contribution in [0, 0.1) is 0 Å². The summed E-state index contributed by atoms with van der Waals surface area (Å²) < 4.78 is 5.73. The Morgan fingerprint density at radius 1 is 1.03 bits per heavy atom. The van der Waals surface area contributed by atoms with Gasteiger partial charge in [-0.15, -0.1) is 22.7 Å². The molecule has 2 aromatic carbocycles. The first-order valence-electron chi connectivity index (χ1n) is 9.37. The lowest BCUT2D eigenvalue weighted by Crippen LogP contribution is -2.30. The van der Waals surface area contributed by atoms with Crippen molar-refractivity contribution in [3.63, 3.8) is 0 Å². The van der Waals surface area contributed by atoms with Crippen molar-refractivity contribution in [2.24, 2.45) is 0 Å². The standard InChI is InChI=1S/C23H19ClN2O2S2/c24-17-8-10-19(11-9-17)28-14-22-25-18(15-30-22)13-21(27)26-23(20-7-4-12-29-20)16-5-2-1-3-6-16/h1-12,15,23H,13-14H2,(H,26,27). The highest BCUT2D eigenvalue weighted by atomic mass is 35.5. The molecule has 0 fully saturated rings. The van der Waals surface area contributed by atoms with Gasteiger partial charge in [-0.2, -0.15) is 0 Å². The Labute approximate surface area is 188 Å². The Bertz CT molecular complexity index is 1080. The monoisotopic (exact) mass is 454 g/mol. The summed E-state index contributed by atoms with van der Waals surface area (Å²) in [5.74, 6) is 0.670. The molecule has 4 aromatic rings. The molecule has 0 aliphatic carbocycles. The third kappa shape index (κ3) is 5.48. The van der Waals surface area contributed by atoms with Gasteiger partial charge < -0.3 is 10.1 Å². The molecule has 0 aliphatic heterocycles. The number of halogens is 1. The van der Waals surface area contributed by atoms with Crippen molar-refractivity contribution in [2.45, 2.75) is 19.1 Å². The van der Waals surface area contributed by atoms with Crippen molar-refractivity contribution in [2.75, 3.05) is 0 Å². The quantitative estimate of drug-likeness (QED) is 0.361. The second kappa shape index (κ2) is 9.89. The van der Waals surface area contributed by atoms with Gasteiger partial charge in [-0.3, -0.25) is 4.79 Å². The van der Waals surface area contributed by atoms with Gasteiger partial charge >= 0.3 is 0 Å². The summed E-state index contributed by atoms with van der Waals surface area (Å²) in [7, 11) is 0. The number of aromatic nitrogens is 1. The molecule has 1 N–H and O–H groups in total. The molecule has 0 spiro atoms. The molecule has 0 aliphatic rings. The number of amides is 1. The first-order chi connectivity index (χ1) is 14.7. The van der Waals surface area contributed by atoms with Crippen LogP contribution in [0.5, 0.6) is 5.75 Å². The molecule has 152 valence electrons. The Balaban J connectivity index is 1.37. The van der Waals surface area contributed by atoms with Gasteiger partial charge in [0.15, 0.2) is 0 Å². The van der Waals surface area contributed by atoms with Crippen LogP contribution in [0.4, 0.5) is 0 Å². The minimum atomic E-state index is -0.162. The van der Waals surface area contributed by atoms with E-state index in [1.54, 1.807) is 23.5 Å². The van der Waals surface area contributed by atoms with Crippen molar-refractivity contribution >= 4 is 40.2 Å². The summed E-state index contributed by atoms with van der Waals surface area (Å²) in [5.41, 5.74) is 1.80. The van der Waals surface area contributed by atoms with Crippen molar-refractivity contribution in [3.05, 3.63) is 104 Å². The van der Waals surface area contributed by atoms with Gasteiger partial charge in [0.2, 0.25) is 5.91 Å². The molecule has 2 heterocycles. The first kappa shape index (κ1) is 20.6. The number of ether oxygens (including phenoxy) is 1. The summed E-state index contributed by atoms with van der Waals surface area (Å²) in [5, 5.41) is 8.57. The normalized spacial score (nSPS) is 11.8. The minimum Gasteiger partial charge on any atom is -0.486 e. The second-order valence-electron chi connectivity index (χ2n) is 6.58. The van der Waals surface area contributed by atoms with E-state index in [9.17, 15) is 4.79 Å².